The predicted molar refractivity (Wildman–Crippen MR) is 140 cm³/mol. The summed E-state index contributed by atoms with van der Waals surface area (Å²) in [5.41, 5.74) is 1.19. The number of morpholine rings is 1. The number of carbonyl (C=O) groups is 2. The Balaban J connectivity index is 1.53. The average Bonchev–Trinajstić information content (AvgIpc) is 3.41. The van der Waals surface area contributed by atoms with Crippen LogP contribution < -0.4 is 0 Å². The SMILES string of the molecule is O=C(CN(CCN1CCOCC1)C(=O)c1ccccc1Cl)N(Cc1ccc(F)cc1)Cc1cccs1. The summed E-state index contributed by atoms with van der Waals surface area (Å²) >= 11 is 7.89. The Hall–Kier alpha value is -2.78. The Morgan fingerprint density at radius 3 is 2.42 bits per heavy atom. The normalized spacial score (nSPS) is 13.9. The first kappa shape index (κ1) is 26.3. The van der Waals surface area contributed by atoms with Crippen LogP contribution in [0.2, 0.25) is 5.02 Å². The van der Waals surface area contributed by atoms with Crippen LogP contribution in [0.1, 0.15) is 20.8 Å². The predicted octanol–water partition coefficient (Wildman–Crippen LogP) is 4.54. The lowest BCUT2D eigenvalue weighted by atomic mass is 10.1. The van der Waals surface area contributed by atoms with Crippen molar-refractivity contribution >= 4 is 34.8 Å². The highest BCUT2D eigenvalue weighted by Crippen LogP contribution is 2.19. The minimum atomic E-state index is -0.325. The van der Waals surface area contributed by atoms with E-state index in [9.17, 15) is 14.0 Å². The van der Waals surface area contributed by atoms with Gasteiger partial charge in [-0.2, -0.15) is 0 Å². The van der Waals surface area contributed by atoms with E-state index in [1.165, 1.54) is 12.1 Å². The zero-order chi connectivity index (χ0) is 25.3. The molecule has 3 aromatic rings. The number of benzene rings is 2. The lowest BCUT2D eigenvalue weighted by Gasteiger charge is -2.31. The number of amides is 2. The first-order valence-electron chi connectivity index (χ1n) is 11.9. The van der Waals surface area contributed by atoms with Crippen molar-refractivity contribution in [3.8, 4) is 0 Å². The first-order valence-corrected chi connectivity index (χ1v) is 13.1. The fourth-order valence-electron chi connectivity index (χ4n) is 4.04. The molecule has 1 aromatic heterocycles. The molecule has 36 heavy (non-hydrogen) atoms. The first-order chi connectivity index (χ1) is 17.5. The van der Waals surface area contributed by atoms with Gasteiger partial charge in [0, 0.05) is 37.6 Å². The van der Waals surface area contributed by atoms with Crippen LogP contribution in [0.4, 0.5) is 4.39 Å². The van der Waals surface area contributed by atoms with Crippen molar-refractivity contribution in [1.82, 2.24) is 14.7 Å². The summed E-state index contributed by atoms with van der Waals surface area (Å²) in [6.07, 6.45) is 0. The summed E-state index contributed by atoms with van der Waals surface area (Å²) in [4.78, 5) is 33.7. The van der Waals surface area contributed by atoms with Crippen LogP contribution in [0, 0.1) is 5.82 Å². The van der Waals surface area contributed by atoms with E-state index in [0.29, 0.717) is 50.0 Å². The van der Waals surface area contributed by atoms with Gasteiger partial charge in [0.05, 0.1) is 30.3 Å². The molecule has 190 valence electrons. The molecule has 6 nitrogen and oxygen atoms in total. The van der Waals surface area contributed by atoms with Gasteiger partial charge in [-0.05, 0) is 41.3 Å². The molecule has 0 saturated carbocycles. The smallest absolute Gasteiger partial charge is 0.255 e. The Labute approximate surface area is 219 Å². The van der Waals surface area contributed by atoms with Crippen molar-refractivity contribution in [3.05, 3.63) is 92.9 Å². The van der Waals surface area contributed by atoms with Crippen molar-refractivity contribution in [1.29, 1.82) is 0 Å². The maximum atomic E-state index is 13.6. The van der Waals surface area contributed by atoms with Crippen LogP contribution in [0.5, 0.6) is 0 Å². The highest BCUT2D eigenvalue weighted by Gasteiger charge is 2.25. The molecule has 4 rings (SSSR count). The average molecular weight is 530 g/mol. The van der Waals surface area contributed by atoms with Crippen molar-refractivity contribution in [3.63, 3.8) is 0 Å². The van der Waals surface area contributed by atoms with Gasteiger partial charge in [0.2, 0.25) is 5.91 Å². The molecule has 9 heteroatoms. The van der Waals surface area contributed by atoms with E-state index in [1.54, 1.807) is 57.5 Å². The Kier molecular flexibility index (Phi) is 9.47. The second-order valence-electron chi connectivity index (χ2n) is 8.62. The molecule has 1 aliphatic rings. The monoisotopic (exact) mass is 529 g/mol. The molecule has 0 aliphatic carbocycles. The molecule has 0 atom stereocenters. The number of hydrogen-bond acceptors (Lipinski definition) is 5. The second-order valence-corrected chi connectivity index (χ2v) is 10.1. The zero-order valence-corrected chi connectivity index (χ0v) is 21.5. The van der Waals surface area contributed by atoms with Gasteiger partial charge in [-0.3, -0.25) is 14.5 Å². The topological polar surface area (TPSA) is 53.1 Å². The van der Waals surface area contributed by atoms with Crippen LogP contribution in [-0.2, 0) is 22.6 Å². The van der Waals surface area contributed by atoms with Crippen molar-refractivity contribution in [2.45, 2.75) is 13.1 Å². The minimum Gasteiger partial charge on any atom is -0.379 e. The largest absolute Gasteiger partial charge is 0.379 e. The molecule has 2 heterocycles. The summed E-state index contributed by atoms with van der Waals surface area (Å²) in [5.74, 6) is -0.787. The van der Waals surface area contributed by atoms with Gasteiger partial charge in [0.15, 0.2) is 0 Å². The van der Waals surface area contributed by atoms with Crippen molar-refractivity contribution in [2.75, 3.05) is 45.9 Å². The van der Waals surface area contributed by atoms with Crippen LogP contribution in [0.3, 0.4) is 0 Å². The number of ether oxygens (including phenoxy) is 1. The van der Waals surface area contributed by atoms with E-state index >= 15 is 0 Å². The fraction of sp³-hybridized carbons (Fsp3) is 0.333. The van der Waals surface area contributed by atoms with Gasteiger partial charge in [-0.1, -0.05) is 41.9 Å². The molecular weight excluding hydrogens is 501 g/mol. The molecule has 0 bridgehead atoms. The van der Waals surface area contributed by atoms with E-state index < -0.39 is 0 Å². The summed E-state index contributed by atoms with van der Waals surface area (Å²) in [6.45, 7) is 4.55. The van der Waals surface area contributed by atoms with Crippen molar-refractivity contribution in [2.24, 2.45) is 0 Å². The molecule has 2 aromatic carbocycles. The molecule has 0 unspecified atom stereocenters. The second kappa shape index (κ2) is 13.0. The van der Waals surface area contributed by atoms with Gasteiger partial charge < -0.3 is 14.5 Å². The van der Waals surface area contributed by atoms with Crippen LogP contribution >= 0.6 is 22.9 Å². The van der Waals surface area contributed by atoms with E-state index in [4.69, 9.17) is 16.3 Å². The van der Waals surface area contributed by atoms with Crippen LogP contribution in [-0.4, -0.2) is 72.5 Å². The molecule has 0 N–H and O–H groups in total. The van der Waals surface area contributed by atoms with E-state index in [-0.39, 0.29) is 24.2 Å². The fourth-order valence-corrected chi connectivity index (χ4v) is 4.98. The summed E-state index contributed by atoms with van der Waals surface area (Å²) in [7, 11) is 0. The molecule has 0 spiro atoms. The van der Waals surface area contributed by atoms with E-state index in [1.807, 2.05) is 17.5 Å². The standard InChI is InChI=1S/C27H29ClFN3O3S/c28-25-6-2-1-5-24(25)27(34)31(12-11-30-13-15-35-16-14-30)20-26(33)32(19-23-4-3-17-36-23)18-21-7-9-22(29)10-8-21/h1-10,17H,11-16,18-20H2. The lowest BCUT2D eigenvalue weighted by Crippen LogP contribution is -2.47. The highest BCUT2D eigenvalue weighted by atomic mass is 35.5. The number of rotatable bonds is 10. The molecule has 2 amide bonds. The van der Waals surface area contributed by atoms with Gasteiger partial charge in [-0.15, -0.1) is 11.3 Å². The molecule has 1 aliphatic heterocycles. The number of carbonyl (C=O) groups excluding carboxylic acids is 2. The maximum Gasteiger partial charge on any atom is 0.255 e. The lowest BCUT2D eigenvalue weighted by molar-refractivity contribution is -0.133. The van der Waals surface area contributed by atoms with Crippen molar-refractivity contribution < 1.29 is 18.7 Å². The summed E-state index contributed by atoms with van der Waals surface area (Å²) in [6, 6.07) is 16.9. The maximum absolute atomic E-state index is 13.6. The molecule has 1 saturated heterocycles. The number of hydrogen-bond donors (Lipinski definition) is 0. The Morgan fingerprint density at radius 1 is 0.972 bits per heavy atom. The van der Waals surface area contributed by atoms with Gasteiger partial charge in [-0.25, -0.2) is 4.39 Å². The van der Waals surface area contributed by atoms with E-state index in [0.717, 1.165) is 23.5 Å². The summed E-state index contributed by atoms with van der Waals surface area (Å²) < 4.78 is 18.9. The number of nitrogens with zero attached hydrogens (tertiary/aromatic N) is 3. The third-order valence-corrected chi connectivity index (χ3v) is 7.26. The number of halogens is 2. The molecule has 0 radical (unpaired) electrons. The van der Waals surface area contributed by atoms with Crippen LogP contribution in [0.25, 0.3) is 0 Å². The van der Waals surface area contributed by atoms with Gasteiger partial charge >= 0.3 is 0 Å². The summed E-state index contributed by atoms with van der Waals surface area (Å²) in [5, 5.41) is 2.32. The quantitative estimate of drug-likeness (QED) is 0.387. The number of thiophene rings is 1. The van der Waals surface area contributed by atoms with Crippen LogP contribution in [0.15, 0.2) is 66.0 Å². The van der Waals surface area contributed by atoms with E-state index in [2.05, 4.69) is 4.90 Å². The zero-order valence-electron chi connectivity index (χ0n) is 19.9. The third kappa shape index (κ3) is 7.36. The Bertz CT molecular complexity index is 1140. The third-order valence-electron chi connectivity index (χ3n) is 6.07. The highest BCUT2D eigenvalue weighted by molar-refractivity contribution is 7.09. The molecular formula is C27H29ClFN3O3S. The Morgan fingerprint density at radius 2 is 1.72 bits per heavy atom. The minimum absolute atomic E-state index is 0.0824. The molecule has 1 fully saturated rings. The van der Waals surface area contributed by atoms with Gasteiger partial charge in [0.25, 0.3) is 5.91 Å². The van der Waals surface area contributed by atoms with Gasteiger partial charge in [0.1, 0.15) is 12.4 Å².